The van der Waals surface area contributed by atoms with E-state index in [4.69, 9.17) is 0 Å². The Balaban J connectivity index is 2.34. The van der Waals surface area contributed by atoms with Gasteiger partial charge in [0.2, 0.25) is 0 Å². The molecule has 0 nitrogen and oxygen atoms in total. The lowest BCUT2D eigenvalue weighted by atomic mass is 10.4. The van der Waals surface area contributed by atoms with Crippen LogP contribution in [-0.2, 0) is 0 Å². The first-order valence-corrected chi connectivity index (χ1v) is 4.68. The van der Waals surface area contributed by atoms with Gasteiger partial charge >= 0.3 is 0 Å². The van der Waals surface area contributed by atoms with E-state index < -0.39 is 0 Å². The van der Waals surface area contributed by atoms with Crippen molar-refractivity contribution in [3.8, 4) is 0 Å². The van der Waals surface area contributed by atoms with E-state index in [1.807, 2.05) is 0 Å². The van der Waals surface area contributed by atoms with E-state index in [9.17, 15) is 0 Å². The second kappa shape index (κ2) is 6.21. The molecule has 0 unspecified atom stereocenters. The predicted molar refractivity (Wildman–Crippen MR) is 41.9 cm³/mol. The van der Waals surface area contributed by atoms with E-state index in [0.29, 0.717) is 0 Å². The van der Waals surface area contributed by atoms with Gasteiger partial charge < -0.3 is 0 Å². The molecule has 0 rings (SSSR count). The fourth-order valence-electron chi connectivity index (χ4n) is 0.189. The summed E-state index contributed by atoms with van der Waals surface area (Å²) in [7, 11) is 0. The maximum atomic E-state index is 3.35. The summed E-state index contributed by atoms with van der Waals surface area (Å²) in [5.74, 6) is 0. The highest BCUT2D eigenvalue weighted by Crippen LogP contribution is 1.96. The van der Waals surface area contributed by atoms with E-state index in [0.717, 1.165) is 5.33 Å². The van der Waals surface area contributed by atoms with Gasteiger partial charge in [-0.05, 0) is 17.3 Å². The average Bonchev–Trinajstić information content (AvgIpc) is 1.61. The molecular weight excluding hydrogens is 255 g/mol. The number of alkyl halides is 2. The predicted octanol–water partition coefficient (Wildman–Crippen LogP) is 2.60. The van der Waals surface area contributed by atoms with Gasteiger partial charge in [-0.2, -0.15) is 0 Å². The Labute approximate surface area is 61.0 Å². The number of hydrogen-bond acceptors (Lipinski definition) is 0. The molecule has 0 amide bonds. The highest BCUT2D eigenvalue weighted by Gasteiger charge is 1.77. The minimum atomic E-state index is 1.16. The first kappa shape index (κ1) is 7.21. The Morgan fingerprint density at radius 3 is 2.17 bits per heavy atom. The lowest BCUT2D eigenvalue weighted by Crippen LogP contribution is -1.73. The first-order valence-electron chi connectivity index (χ1n) is 2.03. The Bertz CT molecular complexity index is 19.5. The standard InChI is InChI=1S/C4H8BrI/c5-3-1-2-4-6/h1-4H2. The third-order valence-electron chi connectivity index (χ3n) is 0.517. The van der Waals surface area contributed by atoms with Gasteiger partial charge in [0.1, 0.15) is 0 Å². The molecule has 0 N–H and O–H groups in total. The summed E-state index contributed by atoms with van der Waals surface area (Å²) in [6, 6.07) is 0. The Morgan fingerprint density at radius 2 is 2.00 bits per heavy atom. The largest absolute Gasteiger partial charge is 0.0928 e. The van der Waals surface area contributed by atoms with Gasteiger partial charge in [-0.3, -0.25) is 0 Å². The molecule has 38 valence electrons. The van der Waals surface area contributed by atoms with Crippen LogP contribution in [0.5, 0.6) is 0 Å². The molecule has 0 bridgehead atoms. The van der Waals surface area contributed by atoms with Crippen molar-refractivity contribution in [2.45, 2.75) is 12.8 Å². The minimum absolute atomic E-state index is 1.16. The topological polar surface area (TPSA) is 0 Å². The molecule has 0 aromatic rings. The molecule has 6 heavy (non-hydrogen) atoms. The third-order valence-corrected chi connectivity index (χ3v) is 1.84. The lowest BCUT2D eigenvalue weighted by Gasteiger charge is -1.83. The summed E-state index contributed by atoms with van der Waals surface area (Å²) < 4.78 is 1.30. The van der Waals surface area contributed by atoms with E-state index in [1.54, 1.807) is 0 Å². The summed E-state index contributed by atoms with van der Waals surface area (Å²) >= 11 is 5.74. The van der Waals surface area contributed by atoms with Crippen molar-refractivity contribution < 1.29 is 0 Å². The SMILES string of the molecule is BrCCCCI. The lowest BCUT2D eigenvalue weighted by molar-refractivity contribution is 0.925. The summed E-state index contributed by atoms with van der Waals surface area (Å²) in [4.78, 5) is 0. The molecular formula is C4H8BrI. The summed E-state index contributed by atoms with van der Waals surface area (Å²) in [6.45, 7) is 0. The van der Waals surface area contributed by atoms with Gasteiger partial charge in [-0.25, -0.2) is 0 Å². The quantitative estimate of drug-likeness (QED) is 0.417. The Hall–Kier alpha value is 1.21. The number of unbranched alkanes of at least 4 members (excludes halogenated alkanes) is 1. The summed E-state index contributed by atoms with van der Waals surface area (Å²) in [5.41, 5.74) is 0. The van der Waals surface area contributed by atoms with E-state index in [-0.39, 0.29) is 0 Å². The molecule has 0 spiro atoms. The normalized spacial score (nSPS) is 9.00. The second-order valence-electron chi connectivity index (χ2n) is 1.09. The fourth-order valence-corrected chi connectivity index (χ4v) is 1.12. The highest BCUT2D eigenvalue weighted by molar-refractivity contribution is 14.1. The van der Waals surface area contributed by atoms with Crippen LogP contribution < -0.4 is 0 Å². The van der Waals surface area contributed by atoms with Crippen molar-refractivity contribution in [1.29, 1.82) is 0 Å². The molecule has 0 aromatic carbocycles. The summed E-state index contributed by atoms with van der Waals surface area (Å²) in [6.07, 6.45) is 2.68. The zero-order valence-electron chi connectivity index (χ0n) is 3.58. The Morgan fingerprint density at radius 1 is 1.33 bits per heavy atom. The van der Waals surface area contributed by atoms with Crippen LogP contribution in [0.2, 0.25) is 0 Å². The van der Waals surface area contributed by atoms with Gasteiger partial charge in [0, 0.05) is 5.33 Å². The first-order chi connectivity index (χ1) is 2.91. The highest BCUT2D eigenvalue weighted by atomic mass is 127. The van der Waals surface area contributed by atoms with Crippen molar-refractivity contribution in [2.24, 2.45) is 0 Å². The maximum Gasteiger partial charge on any atom is 0.00315 e. The van der Waals surface area contributed by atoms with Crippen LogP contribution in [0.25, 0.3) is 0 Å². The molecule has 0 radical (unpaired) electrons. The van der Waals surface area contributed by atoms with Crippen LogP contribution in [0, 0.1) is 0 Å². The van der Waals surface area contributed by atoms with Gasteiger partial charge in [0.15, 0.2) is 0 Å². The van der Waals surface area contributed by atoms with Gasteiger partial charge in [-0.1, -0.05) is 38.5 Å². The van der Waals surface area contributed by atoms with Crippen LogP contribution in [-0.4, -0.2) is 9.76 Å². The molecule has 0 saturated heterocycles. The van der Waals surface area contributed by atoms with Crippen molar-refractivity contribution in [3.05, 3.63) is 0 Å². The minimum Gasteiger partial charge on any atom is -0.0928 e. The zero-order valence-corrected chi connectivity index (χ0v) is 7.33. The molecule has 2 heteroatoms. The number of hydrogen-bond donors (Lipinski definition) is 0. The van der Waals surface area contributed by atoms with Crippen molar-refractivity contribution in [1.82, 2.24) is 0 Å². The van der Waals surface area contributed by atoms with Crippen molar-refractivity contribution in [2.75, 3.05) is 9.76 Å². The monoisotopic (exact) mass is 262 g/mol. The van der Waals surface area contributed by atoms with Gasteiger partial charge in [0.05, 0.1) is 0 Å². The zero-order chi connectivity index (χ0) is 4.83. The molecule has 0 atom stereocenters. The van der Waals surface area contributed by atoms with Crippen LogP contribution in [0.4, 0.5) is 0 Å². The second-order valence-corrected chi connectivity index (χ2v) is 2.96. The van der Waals surface area contributed by atoms with E-state index >= 15 is 0 Å². The van der Waals surface area contributed by atoms with E-state index in [1.165, 1.54) is 17.3 Å². The fraction of sp³-hybridized carbons (Fsp3) is 1.00. The van der Waals surface area contributed by atoms with Crippen LogP contribution in [0.1, 0.15) is 12.8 Å². The maximum absolute atomic E-state index is 3.35. The number of halogens is 2. The van der Waals surface area contributed by atoms with Crippen LogP contribution >= 0.6 is 38.5 Å². The molecule has 0 heterocycles. The van der Waals surface area contributed by atoms with Gasteiger partial charge in [0.25, 0.3) is 0 Å². The smallest absolute Gasteiger partial charge is 0.00315 e. The Kier molecular flexibility index (Phi) is 7.46. The molecule has 0 fully saturated rings. The molecule has 0 aliphatic heterocycles. The van der Waals surface area contributed by atoms with Crippen LogP contribution in [0.15, 0.2) is 0 Å². The third kappa shape index (κ3) is 5.21. The molecule has 0 aliphatic rings. The van der Waals surface area contributed by atoms with Crippen LogP contribution in [0.3, 0.4) is 0 Å². The number of rotatable bonds is 3. The van der Waals surface area contributed by atoms with Gasteiger partial charge in [-0.15, -0.1) is 0 Å². The van der Waals surface area contributed by atoms with E-state index in [2.05, 4.69) is 38.5 Å². The molecule has 0 aliphatic carbocycles. The van der Waals surface area contributed by atoms with Crippen molar-refractivity contribution >= 4 is 38.5 Å². The van der Waals surface area contributed by atoms with Crippen molar-refractivity contribution in [3.63, 3.8) is 0 Å². The molecule has 0 saturated carbocycles. The average molecular weight is 263 g/mol. The molecule has 0 aromatic heterocycles. The summed E-state index contributed by atoms with van der Waals surface area (Å²) in [5, 5.41) is 1.16.